The number of amides is 1. The number of carbonyl (C=O) groups excluding carboxylic acids is 1. The van der Waals surface area contributed by atoms with Crippen molar-refractivity contribution in [1.29, 1.82) is 0 Å². The maximum absolute atomic E-state index is 12.1. The van der Waals surface area contributed by atoms with Crippen LogP contribution in [-0.4, -0.2) is 18.5 Å². The quantitative estimate of drug-likeness (QED) is 0.881. The number of hydrogen-bond donors (Lipinski definition) is 2. The summed E-state index contributed by atoms with van der Waals surface area (Å²) in [6, 6.07) is 6.59. The zero-order chi connectivity index (χ0) is 15.1. The summed E-state index contributed by atoms with van der Waals surface area (Å²) in [7, 11) is 0. The van der Waals surface area contributed by atoms with Crippen molar-refractivity contribution >= 4 is 11.6 Å². The molecule has 3 heteroatoms. The molecular weight excluding hydrogens is 260 g/mol. The zero-order valence-electron chi connectivity index (χ0n) is 13.4. The molecule has 0 aliphatic heterocycles. The first-order chi connectivity index (χ1) is 10.2. The lowest BCUT2D eigenvalue weighted by atomic mass is 9.97. The smallest absolute Gasteiger partial charge is 0.238 e. The van der Waals surface area contributed by atoms with E-state index in [0.29, 0.717) is 12.6 Å². The van der Waals surface area contributed by atoms with Crippen molar-refractivity contribution in [3.8, 4) is 0 Å². The fraction of sp³-hybridized carbons (Fsp3) is 0.611. The Balaban J connectivity index is 1.81. The fourth-order valence-electron chi connectivity index (χ4n) is 3.09. The van der Waals surface area contributed by atoms with E-state index in [-0.39, 0.29) is 5.91 Å². The Labute approximate surface area is 128 Å². The second kappa shape index (κ2) is 8.18. The molecule has 1 saturated carbocycles. The van der Waals surface area contributed by atoms with Gasteiger partial charge >= 0.3 is 0 Å². The monoisotopic (exact) mass is 288 g/mol. The van der Waals surface area contributed by atoms with E-state index in [4.69, 9.17) is 0 Å². The lowest BCUT2D eigenvalue weighted by molar-refractivity contribution is -0.115. The van der Waals surface area contributed by atoms with Gasteiger partial charge in [-0.05, 0) is 37.8 Å². The highest BCUT2D eigenvalue weighted by Crippen LogP contribution is 2.19. The second-order valence-electron chi connectivity index (χ2n) is 6.24. The lowest BCUT2D eigenvalue weighted by Gasteiger charge is -2.21. The van der Waals surface area contributed by atoms with Gasteiger partial charge < -0.3 is 10.6 Å². The summed E-state index contributed by atoms with van der Waals surface area (Å²) >= 11 is 0. The molecule has 0 aromatic heterocycles. The van der Waals surface area contributed by atoms with Crippen LogP contribution in [0, 0.1) is 13.8 Å². The molecule has 0 saturated heterocycles. The van der Waals surface area contributed by atoms with Crippen molar-refractivity contribution in [3.05, 3.63) is 29.3 Å². The van der Waals surface area contributed by atoms with Crippen LogP contribution in [-0.2, 0) is 4.79 Å². The van der Waals surface area contributed by atoms with E-state index in [1.54, 1.807) is 0 Å². The van der Waals surface area contributed by atoms with Crippen molar-refractivity contribution in [2.45, 2.75) is 64.8 Å². The molecule has 2 rings (SSSR count). The van der Waals surface area contributed by atoms with E-state index in [9.17, 15) is 4.79 Å². The molecule has 1 aliphatic rings. The van der Waals surface area contributed by atoms with Gasteiger partial charge in [0.05, 0.1) is 6.54 Å². The van der Waals surface area contributed by atoms with Crippen LogP contribution in [0.2, 0.25) is 0 Å². The molecule has 1 aliphatic carbocycles. The SMILES string of the molecule is Cc1cccc(C)c1NC(=O)CNC1CCCCCCC1. The maximum Gasteiger partial charge on any atom is 0.238 e. The van der Waals surface area contributed by atoms with Gasteiger partial charge in [-0.3, -0.25) is 4.79 Å². The number of carbonyl (C=O) groups is 1. The average molecular weight is 288 g/mol. The number of para-hydroxylation sites is 1. The van der Waals surface area contributed by atoms with Crippen molar-refractivity contribution in [3.63, 3.8) is 0 Å². The first-order valence-corrected chi connectivity index (χ1v) is 8.26. The molecule has 0 spiro atoms. The Hall–Kier alpha value is -1.35. The molecule has 0 atom stereocenters. The average Bonchev–Trinajstić information content (AvgIpc) is 2.42. The molecule has 116 valence electrons. The van der Waals surface area contributed by atoms with E-state index in [1.807, 2.05) is 32.0 Å². The van der Waals surface area contributed by atoms with Gasteiger partial charge in [0.2, 0.25) is 5.91 Å². The zero-order valence-corrected chi connectivity index (χ0v) is 13.4. The van der Waals surface area contributed by atoms with Gasteiger partial charge in [-0.1, -0.05) is 50.3 Å². The normalized spacial score (nSPS) is 17.0. The fourth-order valence-corrected chi connectivity index (χ4v) is 3.09. The summed E-state index contributed by atoms with van der Waals surface area (Å²) in [5.41, 5.74) is 3.20. The topological polar surface area (TPSA) is 41.1 Å². The Morgan fingerprint density at radius 3 is 2.24 bits per heavy atom. The van der Waals surface area contributed by atoms with E-state index < -0.39 is 0 Å². The first kappa shape index (κ1) is 16.0. The summed E-state index contributed by atoms with van der Waals surface area (Å²) in [5, 5.41) is 6.48. The Morgan fingerprint density at radius 2 is 1.62 bits per heavy atom. The van der Waals surface area contributed by atoms with Crippen molar-refractivity contribution < 1.29 is 4.79 Å². The maximum atomic E-state index is 12.1. The number of benzene rings is 1. The minimum Gasteiger partial charge on any atom is -0.324 e. The van der Waals surface area contributed by atoms with Gasteiger partial charge in [0, 0.05) is 11.7 Å². The predicted molar refractivity (Wildman–Crippen MR) is 88.7 cm³/mol. The van der Waals surface area contributed by atoms with E-state index in [2.05, 4.69) is 10.6 Å². The predicted octanol–water partition coefficient (Wildman–Crippen LogP) is 3.94. The van der Waals surface area contributed by atoms with Gasteiger partial charge in [0.15, 0.2) is 0 Å². The summed E-state index contributed by atoms with van der Waals surface area (Å²) in [4.78, 5) is 12.1. The Kier molecular flexibility index (Phi) is 6.24. The molecule has 0 radical (unpaired) electrons. The highest BCUT2D eigenvalue weighted by atomic mass is 16.1. The Morgan fingerprint density at radius 1 is 1.05 bits per heavy atom. The van der Waals surface area contributed by atoms with Crippen molar-refractivity contribution in [2.75, 3.05) is 11.9 Å². The minimum atomic E-state index is 0.0643. The van der Waals surface area contributed by atoms with E-state index >= 15 is 0 Å². The summed E-state index contributed by atoms with van der Waals surface area (Å²) < 4.78 is 0. The van der Waals surface area contributed by atoms with Crippen molar-refractivity contribution in [1.82, 2.24) is 5.32 Å². The second-order valence-corrected chi connectivity index (χ2v) is 6.24. The number of aryl methyl sites for hydroxylation is 2. The molecule has 0 bridgehead atoms. The van der Waals surface area contributed by atoms with Gasteiger partial charge in [-0.2, -0.15) is 0 Å². The number of hydrogen-bond acceptors (Lipinski definition) is 2. The van der Waals surface area contributed by atoms with Gasteiger partial charge in [-0.15, -0.1) is 0 Å². The van der Waals surface area contributed by atoms with Gasteiger partial charge in [0.1, 0.15) is 0 Å². The molecule has 1 amide bonds. The third-order valence-corrected chi connectivity index (χ3v) is 4.40. The first-order valence-electron chi connectivity index (χ1n) is 8.26. The molecule has 1 aromatic carbocycles. The summed E-state index contributed by atoms with van der Waals surface area (Å²) in [6.07, 6.45) is 9.04. The standard InChI is InChI=1S/C18H28N2O/c1-14-9-8-10-15(2)18(14)20-17(21)13-19-16-11-6-4-3-5-7-12-16/h8-10,16,19H,3-7,11-13H2,1-2H3,(H,20,21). The lowest BCUT2D eigenvalue weighted by Crippen LogP contribution is -2.36. The van der Waals surface area contributed by atoms with Crippen LogP contribution in [0.25, 0.3) is 0 Å². The molecule has 1 fully saturated rings. The van der Waals surface area contributed by atoms with Crippen LogP contribution >= 0.6 is 0 Å². The molecular formula is C18H28N2O. The van der Waals surface area contributed by atoms with Crippen LogP contribution in [0.1, 0.15) is 56.1 Å². The van der Waals surface area contributed by atoms with Gasteiger partial charge in [0.25, 0.3) is 0 Å². The van der Waals surface area contributed by atoms with Crippen LogP contribution in [0.4, 0.5) is 5.69 Å². The molecule has 0 heterocycles. The highest BCUT2D eigenvalue weighted by Gasteiger charge is 2.13. The minimum absolute atomic E-state index is 0.0643. The van der Waals surface area contributed by atoms with E-state index in [0.717, 1.165) is 16.8 Å². The van der Waals surface area contributed by atoms with Crippen LogP contribution in [0.3, 0.4) is 0 Å². The van der Waals surface area contributed by atoms with Gasteiger partial charge in [-0.25, -0.2) is 0 Å². The largest absolute Gasteiger partial charge is 0.324 e. The molecule has 1 aromatic rings. The summed E-state index contributed by atoms with van der Waals surface area (Å²) in [6.45, 7) is 4.48. The highest BCUT2D eigenvalue weighted by molar-refractivity contribution is 5.93. The van der Waals surface area contributed by atoms with Crippen LogP contribution in [0.5, 0.6) is 0 Å². The molecule has 3 nitrogen and oxygen atoms in total. The summed E-state index contributed by atoms with van der Waals surface area (Å²) in [5.74, 6) is 0.0643. The van der Waals surface area contributed by atoms with Crippen LogP contribution < -0.4 is 10.6 Å². The van der Waals surface area contributed by atoms with E-state index in [1.165, 1.54) is 44.9 Å². The molecule has 21 heavy (non-hydrogen) atoms. The third kappa shape index (κ3) is 5.16. The Bertz CT molecular complexity index is 442. The number of anilines is 1. The van der Waals surface area contributed by atoms with Crippen molar-refractivity contribution in [2.24, 2.45) is 0 Å². The number of nitrogens with one attached hydrogen (secondary N) is 2. The molecule has 0 unspecified atom stereocenters. The third-order valence-electron chi connectivity index (χ3n) is 4.40. The molecule has 2 N–H and O–H groups in total. The number of rotatable bonds is 4. The van der Waals surface area contributed by atoms with Crippen LogP contribution in [0.15, 0.2) is 18.2 Å².